The number of non-ortho nitro benzene ring substituents is 1. The number of nitrogens with one attached hydrogen (secondary N) is 1. The Balaban J connectivity index is 2.43. The van der Waals surface area contributed by atoms with E-state index in [0.717, 1.165) is 0 Å². The lowest BCUT2D eigenvalue weighted by molar-refractivity contribution is -0.384. The maximum absolute atomic E-state index is 12.6. The Labute approximate surface area is 162 Å². The number of benzene rings is 1. The molecule has 2 rings (SSSR count). The number of rotatable bonds is 8. The second kappa shape index (κ2) is 9.65. The Morgan fingerprint density at radius 2 is 1.86 bits per heavy atom. The molecule has 1 aromatic rings. The SMILES string of the molecule is COCCOC(=O)C1=CNC=C(C(=O)OC(C)C)C1c1cccc([N+](=O)[O-])c1. The molecule has 1 atom stereocenters. The van der Waals surface area contributed by atoms with E-state index in [4.69, 9.17) is 14.2 Å². The minimum atomic E-state index is -0.873. The number of dihydropyridines is 1. The van der Waals surface area contributed by atoms with Gasteiger partial charge in [0.15, 0.2) is 0 Å². The molecule has 1 N–H and O–H groups in total. The van der Waals surface area contributed by atoms with E-state index in [1.54, 1.807) is 19.9 Å². The molecular formula is C19H22N2O7. The Hall–Kier alpha value is -3.20. The van der Waals surface area contributed by atoms with E-state index in [9.17, 15) is 19.7 Å². The third kappa shape index (κ3) is 5.17. The molecule has 150 valence electrons. The smallest absolute Gasteiger partial charge is 0.336 e. The summed E-state index contributed by atoms with van der Waals surface area (Å²) in [7, 11) is 1.48. The van der Waals surface area contributed by atoms with E-state index < -0.39 is 22.8 Å². The van der Waals surface area contributed by atoms with Crippen molar-refractivity contribution >= 4 is 17.6 Å². The van der Waals surface area contributed by atoms with Crippen molar-refractivity contribution < 1.29 is 28.7 Å². The standard InChI is InChI=1S/C19H22N2O7/c1-12(2)28-19(23)16-11-20-10-15(18(22)27-8-7-26-3)17(16)13-5-4-6-14(9-13)21(24)25/h4-6,9-12,17,20H,7-8H2,1-3H3. The molecule has 1 unspecified atom stereocenters. The average Bonchev–Trinajstić information content (AvgIpc) is 2.67. The van der Waals surface area contributed by atoms with Gasteiger partial charge < -0.3 is 19.5 Å². The summed E-state index contributed by atoms with van der Waals surface area (Å²) in [5.74, 6) is -2.17. The van der Waals surface area contributed by atoms with Crippen molar-refractivity contribution in [2.45, 2.75) is 25.9 Å². The zero-order valence-electron chi connectivity index (χ0n) is 15.8. The van der Waals surface area contributed by atoms with Crippen LogP contribution in [0.2, 0.25) is 0 Å². The van der Waals surface area contributed by atoms with Gasteiger partial charge in [-0.1, -0.05) is 12.1 Å². The van der Waals surface area contributed by atoms with Gasteiger partial charge in [-0.2, -0.15) is 0 Å². The van der Waals surface area contributed by atoms with Crippen molar-refractivity contribution in [2.24, 2.45) is 0 Å². The monoisotopic (exact) mass is 390 g/mol. The summed E-state index contributed by atoms with van der Waals surface area (Å²) in [5, 5.41) is 13.9. The summed E-state index contributed by atoms with van der Waals surface area (Å²) in [5.41, 5.74) is 0.530. The van der Waals surface area contributed by atoms with Gasteiger partial charge in [-0.3, -0.25) is 10.1 Å². The van der Waals surface area contributed by atoms with Crippen LogP contribution in [-0.2, 0) is 23.8 Å². The zero-order chi connectivity index (χ0) is 20.7. The quantitative estimate of drug-likeness (QED) is 0.311. The normalized spacial score (nSPS) is 15.9. The van der Waals surface area contributed by atoms with Gasteiger partial charge in [0.05, 0.1) is 34.7 Å². The van der Waals surface area contributed by atoms with Crippen LogP contribution in [0.25, 0.3) is 0 Å². The lowest BCUT2D eigenvalue weighted by atomic mass is 9.83. The van der Waals surface area contributed by atoms with Crippen molar-refractivity contribution in [3.8, 4) is 0 Å². The fraction of sp³-hybridized carbons (Fsp3) is 0.368. The number of ether oxygens (including phenoxy) is 3. The van der Waals surface area contributed by atoms with E-state index in [2.05, 4.69) is 5.32 Å². The molecule has 0 bridgehead atoms. The number of carbonyl (C=O) groups excluding carboxylic acids is 2. The van der Waals surface area contributed by atoms with Crippen LogP contribution in [0.3, 0.4) is 0 Å². The molecule has 1 aromatic carbocycles. The predicted octanol–water partition coefficient (Wildman–Crippen LogP) is 2.19. The first kappa shape index (κ1) is 21.1. The molecule has 0 radical (unpaired) electrons. The Morgan fingerprint density at radius 3 is 2.46 bits per heavy atom. The first-order valence-corrected chi connectivity index (χ1v) is 8.62. The van der Waals surface area contributed by atoms with Gasteiger partial charge in [0.1, 0.15) is 6.61 Å². The van der Waals surface area contributed by atoms with Crippen molar-refractivity contribution in [2.75, 3.05) is 20.3 Å². The number of nitrogens with zero attached hydrogens (tertiary/aromatic N) is 1. The highest BCUT2D eigenvalue weighted by Crippen LogP contribution is 2.36. The second-order valence-electron chi connectivity index (χ2n) is 6.23. The molecule has 9 nitrogen and oxygen atoms in total. The molecule has 1 aliphatic rings. The third-order valence-corrected chi connectivity index (χ3v) is 3.85. The minimum absolute atomic E-state index is 0.0316. The van der Waals surface area contributed by atoms with Crippen molar-refractivity contribution in [3.63, 3.8) is 0 Å². The Morgan fingerprint density at radius 1 is 1.18 bits per heavy atom. The van der Waals surface area contributed by atoms with E-state index >= 15 is 0 Å². The highest BCUT2D eigenvalue weighted by atomic mass is 16.6. The third-order valence-electron chi connectivity index (χ3n) is 3.85. The Kier molecular flexibility index (Phi) is 7.28. The van der Waals surface area contributed by atoms with E-state index in [-0.39, 0.29) is 36.2 Å². The highest BCUT2D eigenvalue weighted by molar-refractivity contribution is 5.98. The number of hydrogen-bond acceptors (Lipinski definition) is 8. The molecule has 28 heavy (non-hydrogen) atoms. The topological polar surface area (TPSA) is 117 Å². The van der Waals surface area contributed by atoms with Gasteiger partial charge in [-0.05, 0) is 19.4 Å². The number of nitro groups is 1. The van der Waals surface area contributed by atoms with Crippen LogP contribution < -0.4 is 5.32 Å². The summed E-state index contributed by atoms with van der Waals surface area (Å²) in [4.78, 5) is 35.8. The minimum Gasteiger partial charge on any atom is -0.460 e. The molecule has 0 fully saturated rings. The molecule has 0 aliphatic carbocycles. The molecule has 0 spiro atoms. The number of methoxy groups -OCH3 is 1. The highest BCUT2D eigenvalue weighted by Gasteiger charge is 2.35. The molecule has 0 amide bonds. The zero-order valence-corrected chi connectivity index (χ0v) is 15.8. The van der Waals surface area contributed by atoms with Gasteiger partial charge in [0, 0.05) is 31.6 Å². The largest absolute Gasteiger partial charge is 0.460 e. The van der Waals surface area contributed by atoms with Crippen LogP contribution in [0.15, 0.2) is 47.8 Å². The molecule has 1 heterocycles. The van der Waals surface area contributed by atoms with Crippen LogP contribution in [0, 0.1) is 10.1 Å². The maximum Gasteiger partial charge on any atom is 0.336 e. The molecule has 1 aliphatic heterocycles. The lowest BCUT2D eigenvalue weighted by Gasteiger charge is -2.25. The summed E-state index contributed by atoms with van der Waals surface area (Å²) in [6.07, 6.45) is 2.45. The molecule has 0 saturated carbocycles. The average molecular weight is 390 g/mol. The first-order chi connectivity index (χ1) is 13.3. The van der Waals surface area contributed by atoms with Gasteiger partial charge in [-0.25, -0.2) is 9.59 Å². The van der Waals surface area contributed by atoms with Gasteiger partial charge in [0.2, 0.25) is 0 Å². The predicted molar refractivity (Wildman–Crippen MR) is 99.2 cm³/mol. The maximum atomic E-state index is 12.6. The first-order valence-electron chi connectivity index (χ1n) is 8.62. The van der Waals surface area contributed by atoms with E-state index in [1.807, 2.05) is 0 Å². The van der Waals surface area contributed by atoms with Gasteiger partial charge in [-0.15, -0.1) is 0 Å². The molecule has 0 saturated heterocycles. The van der Waals surface area contributed by atoms with Crippen LogP contribution in [0.4, 0.5) is 5.69 Å². The van der Waals surface area contributed by atoms with Gasteiger partial charge >= 0.3 is 11.9 Å². The van der Waals surface area contributed by atoms with Crippen molar-refractivity contribution in [1.29, 1.82) is 0 Å². The summed E-state index contributed by atoms with van der Waals surface area (Å²) >= 11 is 0. The fourth-order valence-corrected chi connectivity index (χ4v) is 2.67. The number of esters is 2. The van der Waals surface area contributed by atoms with Crippen LogP contribution in [0.1, 0.15) is 25.3 Å². The van der Waals surface area contributed by atoms with Gasteiger partial charge in [0.25, 0.3) is 5.69 Å². The molecule has 0 aromatic heterocycles. The van der Waals surface area contributed by atoms with Crippen molar-refractivity contribution in [1.82, 2.24) is 5.32 Å². The number of nitro benzene ring substituents is 1. The molecule has 9 heteroatoms. The summed E-state index contributed by atoms with van der Waals surface area (Å²) in [6.45, 7) is 3.65. The second-order valence-corrected chi connectivity index (χ2v) is 6.23. The fourth-order valence-electron chi connectivity index (χ4n) is 2.67. The van der Waals surface area contributed by atoms with E-state index in [0.29, 0.717) is 5.56 Å². The van der Waals surface area contributed by atoms with Crippen LogP contribution in [-0.4, -0.2) is 43.3 Å². The lowest BCUT2D eigenvalue weighted by Crippen LogP contribution is -2.28. The van der Waals surface area contributed by atoms with Crippen LogP contribution >= 0.6 is 0 Å². The van der Waals surface area contributed by atoms with E-state index in [1.165, 1.54) is 37.7 Å². The number of hydrogen-bond donors (Lipinski definition) is 1. The summed E-state index contributed by atoms with van der Waals surface area (Å²) in [6, 6.07) is 5.76. The van der Waals surface area contributed by atoms with Crippen LogP contribution in [0.5, 0.6) is 0 Å². The number of carbonyl (C=O) groups is 2. The molecular weight excluding hydrogens is 368 g/mol. The summed E-state index contributed by atoms with van der Waals surface area (Å²) < 4.78 is 15.3. The Bertz CT molecular complexity index is 814. The van der Waals surface area contributed by atoms with Crippen molar-refractivity contribution in [3.05, 3.63) is 63.5 Å².